The number of allylic oxidation sites excluding steroid dienone is 1. The minimum absolute atomic E-state index is 0. The van der Waals surface area contributed by atoms with Gasteiger partial charge in [-0.25, -0.2) is 0 Å². The van der Waals surface area contributed by atoms with Crippen LogP contribution in [0.3, 0.4) is 0 Å². The van der Waals surface area contributed by atoms with Gasteiger partial charge in [-0.3, -0.25) is 0 Å². The van der Waals surface area contributed by atoms with E-state index in [0.717, 1.165) is 12.8 Å². The van der Waals surface area contributed by atoms with E-state index < -0.39 is 0 Å². The zero-order valence-corrected chi connectivity index (χ0v) is 21.9. The molecule has 0 saturated heterocycles. The molecule has 0 saturated carbocycles. The molecule has 0 N–H and O–H groups in total. The fourth-order valence-electron chi connectivity index (χ4n) is 4.78. The standard InChI is InChI=1S/C17H11.C13H9.2ClH.Zr/c1-2-6-15-12(4-1)8-10-14-11-9-13-5-3-7-16(13)17(14)15;1-3-7-12-10(5-1)9-11-6-2-4-8-13(11)12;;;/h1-4,6,8-11H,7H2;1-5,7-8H,9H2;2*1H;/q2*-1;;;+4/p-2. The molecule has 0 unspecified atom stereocenters. The largest absolute Gasteiger partial charge is 4.00 e. The average Bonchev–Trinajstić information content (AvgIpc) is 3.44. The van der Waals surface area contributed by atoms with Crippen molar-refractivity contribution in [2.24, 2.45) is 0 Å². The molecule has 158 valence electrons. The van der Waals surface area contributed by atoms with E-state index in [1.165, 1.54) is 54.9 Å². The molecular formula is C30H20Cl2Zr. The summed E-state index contributed by atoms with van der Waals surface area (Å²) in [6.07, 6.45) is 7.53. The molecule has 0 fully saturated rings. The third-order valence-corrected chi connectivity index (χ3v) is 6.20. The van der Waals surface area contributed by atoms with Crippen molar-refractivity contribution >= 4 is 21.5 Å². The number of hydrogen-bond acceptors (Lipinski definition) is 0. The van der Waals surface area contributed by atoms with E-state index in [9.17, 15) is 0 Å². The smallest absolute Gasteiger partial charge is 1.00 e. The molecule has 0 atom stereocenters. The summed E-state index contributed by atoms with van der Waals surface area (Å²) >= 11 is 0. The molecule has 0 aliphatic heterocycles. The fourth-order valence-corrected chi connectivity index (χ4v) is 4.78. The molecule has 0 heterocycles. The zero-order valence-electron chi connectivity index (χ0n) is 17.9. The van der Waals surface area contributed by atoms with Crippen LogP contribution in [-0.2, 0) is 39.0 Å². The monoisotopic (exact) mass is 540 g/mol. The van der Waals surface area contributed by atoms with Gasteiger partial charge in [0.15, 0.2) is 0 Å². The third kappa shape index (κ3) is 4.60. The molecule has 2 aliphatic carbocycles. The van der Waals surface area contributed by atoms with Crippen LogP contribution in [0.5, 0.6) is 0 Å². The predicted octanol–water partition coefficient (Wildman–Crippen LogP) is 1.32. The molecular weight excluding hydrogens is 522 g/mol. The molecule has 3 heteroatoms. The first kappa shape index (κ1) is 25.4. The van der Waals surface area contributed by atoms with Crippen LogP contribution in [0.15, 0.2) is 97.1 Å². The van der Waals surface area contributed by atoms with E-state index in [4.69, 9.17) is 0 Å². The van der Waals surface area contributed by atoms with E-state index >= 15 is 0 Å². The van der Waals surface area contributed by atoms with Crippen molar-refractivity contribution in [3.05, 3.63) is 131 Å². The number of fused-ring (bicyclic) bond motifs is 8. The van der Waals surface area contributed by atoms with Gasteiger partial charge in [0.05, 0.1) is 0 Å². The summed E-state index contributed by atoms with van der Waals surface area (Å²) in [5, 5.41) is 5.42. The second kappa shape index (κ2) is 10.8. The number of benzene rings is 5. The summed E-state index contributed by atoms with van der Waals surface area (Å²) in [5.41, 5.74) is 8.20. The Balaban J connectivity index is 0.000000175. The van der Waals surface area contributed by atoms with Gasteiger partial charge in [0, 0.05) is 0 Å². The van der Waals surface area contributed by atoms with Crippen molar-refractivity contribution in [3.8, 4) is 11.1 Å². The fraction of sp³-hybridized carbons (Fsp3) is 0.0667. The van der Waals surface area contributed by atoms with Crippen molar-refractivity contribution in [2.75, 3.05) is 0 Å². The van der Waals surface area contributed by atoms with Crippen LogP contribution in [0, 0.1) is 12.1 Å². The van der Waals surface area contributed by atoms with E-state index in [-0.39, 0.29) is 51.0 Å². The number of rotatable bonds is 0. The first-order chi connectivity index (χ1) is 14.9. The Morgan fingerprint density at radius 3 is 2.30 bits per heavy atom. The molecule has 5 aromatic carbocycles. The first-order valence-electron chi connectivity index (χ1n) is 10.5. The van der Waals surface area contributed by atoms with E-state index in [1.54, 1.807) is 0 Å². The molecule has 5 aromatic rings. The molecule has 0 spiro atoms. The molecule has 7 rings (SSSR count). The Kier molecular flexibility index (Phi) is 8.35. The normalized spacial score (nSPS) is 11.8. The molecule has 0 amide bonds. The first-order valence-corrected chi connectivity index (χ1v) is 10.5. The van der Waals surface area contributed by atoms with Crippen LogP contribution < -0.4 is 24.8 Å². The molecule has 0 aromatic heterocycles. The van der Waals surface area contributed by atoms with Gasteiger partial charge in [-0.2, -0.15) is 53.6 Å². The molecule has 33 heavy (non-hydrogen) atoms. The maximum absolute atomic E-state index is 3.33. The zero-order chi connectivity index (χ0) is 19.9. The molecule has 0 radical (unpaired) electrons. The van der Waals surface area contributed by atoms with Crippen LogP contribution in [0.2, 0.25) is 0 Å². The molecule has 2 aliphatic rings. The third-order valence-electron chi connectivity index (χ3n) is 6.20. The summed E-state index contributed by atoms with van der Waals surface area (Å²) < 4.78 is 0. The van der Waals surface area contributed by atoms with Crippen molar-refractivity contribution in [1.82, 2.24) is 0 Å². The van der Waals surface area contributed by atoms with Gasteiger partial charge < -0.3 is 24.8 Å². The van der Waals surface area contributed by atoms with Crippen LogP contribution in [0.4, 0.5) is 0 Å². The van der Waals surface area contributed by atoms with Gasteiger partial charge >= 0.3 is 26.2 Å². The van der Waals surface area contributed by atoms with Gasteiger partial charge in [0.1, 0.15) is 0 Å². The summed E-state index contributed by atoms with van der Waals surface area (Å²) in [4.78, 5) is 0. The molecule has 0 bridgehead atoms. The van der Waals surface area contributed by atoms with Gasteiger partial charge in [-0.05, 0) is 22.6 Å². The van der Waals surface area contributed by atoms with Crippen LogP contribution in [-0.4, -0.2) is 0 Å². The summed E-state index contributed by atoms with van der Waals surface area (Å²) in [7, 11) is 0. The summed E-state index contributed by atoms with van der Waals surface area (Å²) in [6.45, 7) is 0. The van der Waals surface area contributed by atoms with Crippen molar-refractivity contribution in [3.63, 3.8) is 0 Å². The Hall–Kier alpha value is -2.18. The van der Waals surface area contributed by atoms with Gasteiger partial charge in [-0.15, -0.1) is 17.2 Å². The quantitative estimate of drug-likeness (QED) is 0.201. The van der Waals surface area contributed by atoms with Gasteiger partial charge in [0.25, 0.3) is 0 Å². The minimum Gasteiger partial charge on any atom is -1.00 e. The second-order valence-corrected chi connectivity index (χ2v) is 7.93. The van der Waals surface area contributed by atoms with E-state index in [1.807, 2.05) is 6.07 Å². The van der Waals surface area contributed by atoms with Crippen LogP contribution >= 0.6 is 0 Å². The maximum Gasteiger partial charge on any atom is 4.00 e. The summed E-state index contributed by atoms with van der Waals surface area (Å²) in [6, 6.07) is 35.5. The van der Waals surface area contributed by atoms with E-state index in [0.29, 0.717) is 0 Å². The Labute approximate surface area is 226 Å². The van der Waals surface area contributed by atoms with Crippen molar-refractivity contribution in [1.29, 1.82) is 0 Å². The van der Waals surface area contributed by atoms with Gasteiger partial charge in [0.2, 0.25) is 0 Å². The predicted molar refractivity (Wildman–Crippen MR) is 126 cm³/mol. The van der Waals surface area contributed by atoms with E-state index in [2.05, 4.69) is 103 Å². The van der Waals surface area contributed by atoms with Crippen molar-refractivity contribution < 1.29 is 51.0 Å². The summed E-state index contributed by atoms with van der Waals surface area (Å²) in [5.74, 6) is 0. The van der Waals surface area contributed by atoms with Crippen molar-refractivity contribution in [2.45, 2.75) is 12.8 Å². The van der Waals surface area contributed by atoms with Crippen LogP contribution in [0.1, 0.15) is 22.3 Å². The average molecular weight is 543 g/mol. The number of hydrogen-bond donors (Lipinski definition) is 0. The second-order valence-electron chi connectivity index (χ2n) is 7.93. The SMILES string of the molecule is [C-]1=CCc2c1ccc1ccc3ccccc3c21.[Cl-].[Cl-].[Zr+4].[c-]1cccc2c1Cc1ccccc1-2. The topological polar surface area (TPSA) is 0 Å². The maximum atomic E-state index is 3.33. The number of halogens is 2. The Bertz CT molecular complexity index is 1410. The minimum atomic E-state index is 0. The Morgan fingerprint density at radius 2 is 1.39 bits per heavy atom. The van der Waals surface area contributed by atoms with Crippen LogP contribution in [0.25, 0.3) is 32.7 Å². The van der Waals surface area contributed by atoms with Gasteiger partial charge in [-0.1, -0.05) is 83.6 Å². The Morgan fingerprint density at radius 1 is 0.667 bits per heavy atom. The molecule has 0 nitrogen and oxygen atoms in total.